The van der Waals surface area contributed by atoms with Crippen LogP contribution in [0.15, 0.2) is 17.5 Å². The summed E-state index contributed by atoms with van der Waals surface area (Å²) >= 11 is 1.73. The van der Waals surface area contributed by atoms with Gasteiger partial charge in [-0.1, -0.05) is 13.0 Å². The summed E-state index contributed by atoms with van der Waals surface area (Å²) in [5, 5.41) is 14.6. The summed E-state index contributed by atoms with van der Waals surface area (Å²) in [6, 6.07) is 4.23. The first-order chi connectivity index (χ1) is 7.27. The lowest BCUT2D eigenvalue weighted by Crippen LogP contribution is -2.39. The largest absolute Gasteiger partial charge is 0.395 e. The number of hydrogen-bond acceptors (Lipinski definition) is 4. The van der Waals surface area contributed by atoms with Crippen molar-refractivity contribution in [3.05, 3.63) is 22.4 Å². The number of ether oxygens (including phenoxy) is 1. The van der Waals surface area contributed by atoms with E-state index < -0.39 is 0 Å². The zero-order valence-corrected chi connectivity index (χ0v) is 10.1. The van der Waals surface area contributed by atoms with E-state index in [0.717, 1.165) is 6.54 Å². The van der Waals surface area contributed by atoms with E-state index in [4.69, 9.17) is 4.74 Å². The summed E-state index contributed by atoms with van der Waals surface area (Å²) in [4.78, 5) is 1.29. The predicted molar refractivity (Wildman–Crippen MR) is 63.1 cm³/mol. The molecular weight excluding hydrogens is 210 g/mol. The topological polar surface area (TPSA) is 41.5 Å². The Hall–Kier alpha value is -0.420. The van der Waals surface area contributed by atoms with Gasteiger partial charge < -0.3 is 15.2 Å². The van der Waals surface area contributed by atoms with Crippen molar-refractivity contribution in [3.8, 4) is 0 Å². The molecule has 0 aliphatic carbocycles. The third-order valence-electron chi connectivity index (χ3n) is 2.43. The molecule has 3 nitrogen and oxygen atoms in total. The summed E-state index contributed by atoms with van der Waals surface area (Å²) in [5.74, 6) is 0.319. The number of aliphatic hydroxyl groups excluding tert-OH is 1. The molecule has 0 radical (unpaired) electrons. The number of rotatable bonds is 7. The third-order valence-corrected chi connectivity index (χ3v) is 3.31. The Labute approximate surface area is 95.1 Å². The van der Waals surface area contributed by atoms with E-state index >= 15 is 0 Å². The van der Waals surface area contributed by atoms with Crippen molar-refractivity contribution in [2.24, 2.45) is 5.92 Å². The summed E-state index contributed by atoms with van der Waals surface area (Å²) in [6.07, 6.45) is 0. The van der Waals surface area contributed by atoms with Crippen molar-refractivity contribution in [2.75, 3.05) is 20.3 Å². The number of aliphatic hydroxyl groups is 1. The van der Waals surface area contributed by atoms with E-state index in [9.17, 15) is 5.11 Å². The van der Waals surface area contributed by atoms with Crippen LogP contribution in [0.4, 0.5) is 0 Å². The van der Waals surface area contributed by atoms with Gasteiger partial charge in [-0.2, -0.15) is 0 Å². The van der Waals surface area contributed by atoms with Crippen LogP contribution in [0.25, 0.3) is 0 Å². The van der Waals surface area contributed by atoms with Gasteiger partial charge in [0.1, 0.15) is 0 Å². The van der Waals surface area contributed by atoms with Crippen LogP contribution in [0.3, 0.4) is 0 Å². The van der Waals surface area contributed by atoms with Crippen LogP contribution in [-0.2, 0) is 11.3 Å². The number of hydrogen-bond donors (Lipinski definition) is 2. The van der Waals surface area contributed by atoms with Gasteiger partial charge in [0.05, 0.1) is 13.2 Å². The summed E-state index contributed by atoms with van der Waals surface area (Å²) < 4.78 is 5.07. The van der Waals surface area contributed by atoms with Gasteiger partial charge in [-0.05, 0) is 17.4 Å². The minimum atomic E-state index is 0.104. The Morgan fingerprint density at radius 1 is 1.60 bits per heavy atom. The molecule has 86 valence electrons. The average Bonchev–Trinajstić information content (AvgIpc) is 2.72. The van der Waals surface area contributed by atoms with E-state index in [1.807, 2.05) is 6.07 Å². The molecule has 4 heteroatoms. The zero-order chi connectivity index (χ0) is 11.1. The van der Waals surface area contributed by atoms with E-state index in [1.165, 1.54) is 4.88 Å². The molecule has 0 bridgehead atoms. The maximum atomic E-state index is 9.24. The van der Waals surface area contributed by atoms with Gasteiger partial charge >= 0.3 is 0 Å². The first-order valence-corrected chi connectivity index (χ1v) is 6.01. The lowest BCUT2D eigenvalue weighted by atomic mass is 10.0. The van der Waals surface area contributed by atoms with Gasteiger partial charge in [-0.15, -0.1) is 11.3 Å². The molecule has 0 saturated carbocycles. The van der Waals surface area contributed by atoms with Crippen LogP contribution < -0.4 is 5.32 Å². The second-order valence-corrected chi connectivity index (χ2v) is 4.71. The highest BCUT2D eigenvalue weighted by molar-refractivity contribution is 7.09. The highest BCUT2D eigenvalue weighted by Gasteiger charge is 2.15. The smallest absolute Gasteiger partial charge is 0.0588 e. The molecule has 1 aromatic heterocycles. The fourth-order valence-corrected chi connectivity index (χ4v) is 2.13. The quantitative estimate of drug-likeness (QED) is 0.744. The molecule has 1 aromatic rings. The maximum absolute atomic E-state index is 9.24. The minimum Gasteiger partial charge on any atom is -0.395 e. The summed E-state index contributed by atoms with van der Waals surface area (Å²) in [6.45, 7) is 3.71. The van der Waals surface area contributed by atoms with Gasteiger partial charge in [0, 0.05) is 24.6 Å². The van der Waals surface area contributed by atoms with Crippen molar-refractivity contribution in [2.45, 2.75) is 19.5 Å². The Morgan fingerprint density at radius 3 is 2.93 bits per heavy atom. The van der Waals surface area contributed by atoms with Crippen molar-refractivity contribution >= 4 is 11.3 Å². The number of thiophene rings is 1. The molecule has 2 atom stereocenters. The maximum Gasteiger partial charge on any atom is 0.0588 e. The molecule has 0 aliphatic rings. The highest BCUT2D eigenvalue weighted by Crippen LogP contribution is 2.10. The Kier molecular flexibility index (Phi) is 5.86. The normalized spacial score (nSPS) is 15.1. The molecule has 2 unspecified atom stereocenters. The first-order valence-electron chi connectivity index (χ1n) is 5.13. The van der Waals surface area contributed by atoms with Crippen LogP contribution in [0, 0.1) is 5.92 Å². The van der Waals surface area contributed by atoms with Crippen LogP contribution in [0.2, 0.25) is 0 Å². The Balaban J connectivity index is 2.33. The molecule has 2 N–H and O–H groups in total. The second-order valence-electron chi connectivity index (χ2n) is 3.68. The van der Waals surface area contributed by atoms with Gasteiger partial charge in [-0.3, -0.25) is 0 Å². The fraction of sp³-hybridized carbons (Fsp3) is 0.636. The number of nitrogens with one attached hydrogen (secondary N) is 1. The lowest BCUT2D eigenvalue weighted by molar-refractivity contribution is 0.114. The fourth-order valence-electron chi connectivity index (χ4n) is 1.47. The Morgan fingerprint density at radius 2 is 2.40 bits per heavy atom. The van der Waals surface area contributed by atoms with Crippen molar-refractivity contribution in [1.29, 1.82) is 0 Å². The Bertz CT molecular complexity index is 251. The molecule has 0 fully saturated rings. The number of methoxy groups -OCH3 is 1. The monoisotopic (exact) mass is 229 g/mol. The molecular formula is C11H19NO2S. The molecule has 0 aliphatic heterocycles. The third kappa shape index (κ3) is 4.30. The summed E-state index contributed by atoms with van der Waals surface area (Å²) in [5.41, 5.74) is 0. The standard InChI is InChI=1S/C11H19NO2S/c1-9(8-14-2)11(7-13)12-6-10-4-3-5-15-10/h3-5,9,11-13H,6-8H2,1-2H3. The molecule has 0 aromatic carbocycles. The van der Waals surface area contributed by atoms with Crippen LogP contribution >= 0.6 is 11.3 Å². The second kappa shape index (κ2) is 6.95. The van der Waals surface area contributed by atoms with E-state index in [2.05, 4.69) is 23.7 Å². The predicted octanol–water partition coefficient (Wildman–Crippen LogP) is 1.48. The van der Waals surface area contributed by atoms with Gasteiger partial charge in [0.25, 0.3) is 0 Å². The minimum absolute atomic E-state index is 0.104. The molecule has 0 spiro atoms. The highest BCUT2D eigenvalue weighted by atomic mass is 32.1. The zero-order valence-electron chi connectivity index (χ0n) is 9.27. The van der Waals surface area contributed by atoms with Crippen molar-refractivity contribution < 1.29 is 9.84 Å². The van der Waals surface area contributed by atoms with Gasteiger partial charge in [-0.25, -0.2) is 0 Å². The first kappa shape index (κ1) is 12.6. The molecule has 0 saturated heterocycles. The van der Waals surface area contributed by atoms with Gasteiger partial charge in [0.15, 0.2) is 0 Å². The molecule has 0 amide bonds. The molecule has 1 heterocycles. The van der Waals surface area contributed by atoms with Gasteiger partial charge in [0.2, 0.25) is 0 Å². The van der Waals surface area contributed by atoms with E-state index in [-0.39, 0.29) is 12.6 Å². The average molecular weight is 229 g/mol. The van der Waals surface area contributed by atoms with E-state index in [1.54, 1.807) is 18.4 Å². The van der Waals surface area contributed by atoms with Crippen LogP contribution in [0.1, 0.15) is 11.8 Å². The van der Waals surface area contributed by atoms with Crippen molar-refractivity contribution in [3.63, 3.8) is 0 Å². The molecule has 1 rings (SSSR count). The lowest BCUT2D eigenvalue weighted by Gasteiger charge is -2.22. The van der Waals surface area contributed by atoms with E-state index in [0.29, 0.717) is 12.5 Å². The SMILES string of the molecule is COCC(C)C(CO)NCc1cccs1. The van der Waals surface area contributed by atoms with Crippen molar-refractivity contribution in [1.82, 2.24) is 5.32 Å². The molecule has 15 heavy (non-hydrogen) atoms. The van der Waals surface area contributed by atoms with Crippen LogP contribution in [-0.4, -0.2) is 31.5 Å². The summed E-state index contributed by atoms with van der Waals surface area (Å²) in [7, 11) is 1.68. The van der Waals surface area contributed by atoms with Crippen LogP contribution in [0.5, 0.6) is 0 Å².